The number of carbonyl (C=O) groups excluding carboxylic acids is 1. The van der Waals surface area contributed by atoms with Crippen LogP contribution in [0.1, 0.15) is 16.1 Å². The third kappa shape index (κ3) is 3.52. The number of carboxylic acid groups (broad SMARTS) is 1. The zero-order valence-corrected chi connectivity index (χ0v) is 13.4. The molecule has 0 bridgehead atoms. The molecule has 0 aliphatic rings. The predicted octanol–water partition coefficient (Wildman–Crippen LogP) is 1.94. The topological polar surface area (TPSA) is 117 Å². The van der Waals surface area contributed by atoms with Crippen molar-refractivity contribution >= 4 is 17.5 Å². The average molecular weight is 380 g/mol. The van der Waals surface area contributed by atoms with Crippen LogP contribution in [-0.2, 0) is 11.0 Å². The van der Waals surface area contributed by atoms with E-state index in [2.05, 4.69) is 15.4 Å². The molecule has 3 N–H and O–H groups in total. The highest BCUT2D eigenvalue weighted by Gasteiger charge is 2.31. The molecular formula is C16H11F3N4O4. The molecule has 3 rings (SSSR count). The summed E-state index contributed by atoms with van der Waals surface area (Å²) in [5.74, 6) is -2.82. The highest BCUT2D eigenvalue weighted by Crippen LogP contribution is 2.35. The van der Waals surface area contributed by atoms with Crippen molar-refractivity contribution in [3.8, 4) is 16.9 Å². The van der Waals surface area contributed by atoms with Crippen molar-refractivity contribution in [2.45, 2.75) is 6.18 Å². The van der Waals surface area contributed by atoms with Crippen molar-refractivity contribution in [1.82, 2.24) is 19.9 Å². The van der Waals surface area contributed by atoms with Crippen LogP contribution in [0.15, 0.2) is 36.7 Å². The van der Waals surface area contributed by atoms with Gasteiger partial charge in [0.15, 0.2) is 11.3 Å². The molecule has 11 heteroatoms. The number of alkyl halides is 3. The Bertz CT molecular complexity index is 1050. The van der Waals surface area contributed by atoms with Gasteiger partial charge < -0.3 is 15.5 Å². The molecule has 1 aromatic carbocycles. The van der Waals surface area contributed by atoms with Gasteiger partial charge in [-0.25, -0.2) is 9.50 Å². The number of halogens is 3. The zero-order valence-electron chi connectivity index (χ0n) is 13.4. The fourth-order valence-electron chi connectivity index (χ4n) is 2.49. The van der Waals surface area contributed by atoms with Crippen LogP contribution in [0.5, 0.6) is 5.75 Å². The van der Waals surface area contributed by atoms with E-state index in [1.807, 2.05) is 0 Å². The van der Waals surface area contributed by atoms with E-state index in [0.717, 1.165) is 29.0 Å². The Morgan fingerprint density at radius 3 is 2.63 bits per heavy atom. The van der Waals surface area contributed by atoms with Crippen molar-refractivity contribution in [2.75, 3.05) is 6.54 Å². The molecule has 0 spiro atoms. The second kappa shape index (κ2) is 6.59. The third-order valence-electron chi connectivity index (χ3n) is 3.64. The number of nitrogens with zero attached hydrogens (tertiary/aromatic N) is 3. The largest absolute Gasteiger partial charge is 0.505 e. The van der Waals surface area contributed by atoms with Crippen molar-refractivity contribution in [1.29, 1.82) is 0 Å². The maximum absolute atomic E-state index is 13.0. The van der Waals surface area contributed by atoms with Crippen LogP contribution in [0.25, 0.3) is 16.8 Å². The maximum Gasteiger partial charge on any atom is 0.416 e. The van der Waals surface area contributed by atoms with Crippen LogP contribution in [0.3, 0.4) is 0 Å². The summed E-state index contributed by atoms with van der Waals surface area (Å²) in [5, 5.41) is 24.7. The number of hydrogen-bond donors (Lipinski definition) is 3. The summed E-state index contributed by atoms with van der Waals surface area (Å²) < 4.78 is 39.8. The monoisotopic (exact) mass is 380 g/mol. The second-order valence-corrected chi connectivity index (χ2v) is 5.44. The molecule has 0 saturated heterocycles. The number of carboxylic acids is 1. The lowest BCUT2D eigenvalue weighted by Gasteiger charge is -2.12. The standard InChI is InChI=1S/C16H11F3N4O4/c17-16(18,19)9-3-1-2-8(4-9)10-5-11(24)13(15(27)20-6-12(25)26)23-14(10)21-7-22-23/h1-5,7,24H,6H2,(H,20,27)(H,25,26). The van der Waals surface area contributed by atoms with Crippen molar-refractivity contribution in [3.05, 3.63) is 47.9 Å². The first kappa shape index (κ1) is 18.2. The van der Waals surface area contributed by atoms with Gasteiger partial charge in [-0.1, -0.05) is 12.1 Å². The van der Waals surface area contributed by atoms with Crippen LogP contribution in [-0.4, -0.2) is 43.2 Å². The van der Waals surface area contributed by atoms with Crippen molar-refractivity contribution in [3.63, 3.8) is 0 Å². The lowest BCUT2D eigenvalue weighted by Crippen LogP contribution is -2.31. The molecule has 8 nitrogen and oxygen atoms in total. The van der Waals surface area contributed by atoms with Crippen LogP contribution in [0.2, 0.25) is 0 Å². The lowest BCUT2D eigenvalue weighted by molar-refractivity contribution is -0.137. The highest BCUT2D eigenvalue weighted by molar-refractivity contribution is 5.98. The molecule has 0 radical (unpaired) electrons. The molecule has 2 heterocycles. The molecule has 0 aliphatic carbocycles. The summed E-state index contributed by atoms with van der Waals surface area (Å²) >= 11 is 0. The Balaban J connectivity index is 2.13. The number of pyridine rings is 1. The number of rotatable bonds is 4. The fraction of sp³-hybridized carbons (Fsp3) is 0.125. The minimum Gasteiger partial charge on any atom is -0.505 e. The Morgan fingerprint density at radius 2 is 1.96 bits per heavy atom. The van der Waals surface area contributed by atoms with Gasteiger partial charge in [0.2, 0.25) is 0 Å². The van der Waals surface area contributed by atoms with Crippen LogP contribution in [0.4, 0.5) is 13.2 Å². The first-order valence-corrected chi connectivity index (χ1v) is 7.42. The summed E-state index contributed by atoms with van der Waals surface area (Å²) in [6.07, 6.45) is -3.50. The molecule has 140 valence electrons. The Kier molecular flexibility index (Phi) is 4.44. The number of amides is 1. The minimum absolute atomic E-state index is 0.0209. The number of fused-ring (bicyclic) bond motifs is 1. The molecule has 0 aliphatic heterocycles. The number of carbonyl (C=O) groups is 2. The first-order chi connectivity index (χ1) is 12.7. The van der Waals surface area contributed by atoms with E-state index < -0.39 is 35.9 Å². The van der Waals surface area contributed by atoms with E-state index >= 15 is 0 Å². The van der Waals surface area contributed by atoms with Crippen LogP contribution >= 0.6 is 0 Å². The fourth-order valence-corrected chi connectivity index (χ4v) is 2.49. The molecule has 0 unspecified atom stereocenters. The van der Waals surface area contributed by atoms with Gasteiger partial charge in [0, 0.05) is 5.56 Å². The summed E-state index contributed by atoms with van der Waals surface area (Å²) in [5.41, 5.74) is -1.03. The molecular weight excluding hydrogens is 369 g/mol. The van der Waals surface area contributed by atoms with Gasteiger partial charge in [0.25, 0.3) is 5.91 Å². The van der Waals surface area contributed by atoms with E-state index in [1.54, 1.807) is 0 Å². The number of nitrogens with one attached hydrogen (secondary N) is 1. The molecule has 0 saturated carbocycles. The quantitative estimate of drug-likeness (QED) is 0.637. The van der Waals surface area contributed by atoms with Crippen molar-refractivity contribution in [2.24, 2.45) is 0 Å². The number of aliphatic carboxylic acids is 1. The lowest BCUT2D eigenvalue weighted by atomic mass is 10.0. The third-order valence-corrected chi connectivity index (χ3v) is 3.64. The minimum atomic E-state index is -4.56. The van der Waals surface area contributed by atoms with Gasteiger partial charge in [0.05, 0.1) is 5.56 Å². The average Bonchev–Trinajstić information content (AvgIpc) is 3.07. The van der Waals surface area contributed by atoms with Gasteiger partial charge in [-0.2, -0.15) is 18.3 Å². The van der Waals surface area contributed by atoms with Gasteiger partial charge in [-0.15, -0.1) is 0 Å². The molecule has 0 atom stereocenters. The molecule has 27 heavy (non-hydrogen) atoms. The van der Waals surface area contributed by atoms with E-state index in [-0.39, 0.29) is 22.5 Å². The van der Waals surface area contributed by atoms with Gasteiger partial charge in [0.1, 0.15) is 18.6 Å². The first-order valence-electron chi connectivity index (χ1n) is 7.42. The summed E-state index contributed by atoms with van der Waals surface area (Å²) in [6.45, 7) is -0.691. The summed E-state index contributed by atoms with van der Waals surface area (Å²) in [4.78, 5) is 26.7. The predicted molar refractivity (Wildman–Crippen MR) is 85.1 cm³/mol. The van der Waals surface area contributed by atoms with E-state index in [4.69, 9.17) is 5.11 Å². The SMILES string of the molecule is O=C(O)CNC(=O)c1c(O)cc(-c2cccc(C(F)(F)F)c2)c2ncnn12. The Morgan fingerprint density at radius 1 is 1.22 bits per heavy atom. The van der Waals surface area contributed by atoms with Gasteiger partial charge in [-0.05, 0) is 23.8 Å². The molecule has 3 aromatic rings. The normalized spacial score (nSPS) is 11.5. The number of hydrogen-bond acceptors (Lipinski definition) is 5. The molecule has 2 aromatic heterocycles. The Labute approximate surface area is 148 Å². The zero-order chi connectivity index (χ0) is 19.8. The molecule has 0 fully saturated rings. The highest BCUT2D eigenvalue weighted by atomic mass is 19.4. The number of benzene rings is 1. The number of aromatic hydroxyl groups is 1. The van der Waals surface area contributed by atoms with Crippen LogP contribution < -0.4 is 5.32 Å². The van der Waals surface area contributed by atoms with Crippen molar-refractivity contribution < 1.29 is 33.0 Å². The van der Waals surface area contributed by atoms with E-state index in [1.165, 1.54) is 12.1 Å². The molecule has 1 amide bonds. The van der Waals surface area contributed by atoms with E-state index in [9.17, 15) is 27.9 Å². The van der Waals surface area contributed by atoms with Crippen LogP contribution in [0, 0.1) is 0 Å². The van der Waals surface area contributed by atoms with Gasteiger partial charge >= 0.3 is 12.1 Å². The summed E-state index contributed by atoms with van der Waals surface area (Å²) in [6, 6.07) is 5.46. The number of aromatic nitrogens is 3. The van der Waals surface area contributed by atoms with E-state index in [0.29, 0.717) is 0 Å². The van der Waals surface area contributed by atoms with Gasteiger partial charge in [-0.3, -0.25) is 9.59 Å². The Hall–Kier alpha value is -3.63. The summed E-state index contributed by atoms with van der Waals surface area (Å²) in [7, 11) is 0. The maximum atomic E-state index is 13.0. The second-order valence-electron chi connectivity index (χ2n) is 5.44. The smallest absolute Gasteiger partial charge is 0.416 e.